The van der Waals surface area contributed by atoms with E-state index in [1.807, 2.05) is 28.8 Å². The lowest BCUT2D eigenvalue weighted by molar-refractivity contribution is 0.0739. The van der Waals surface area contributed by atoms with E-state index in [4.69, 9.17) is 5.11 Å². The fourth-order valence-electron chi connectivity index (χ4n) is 2.55. The Morgan fingerprint density at radius 1 is 1.52 bits per heavy atom. The largest absolute Gasteiger partial charge is 0.395 e. The first-order valence-corrected chi connectivity index (χ1v) is 7.24. The van der Waals surface area contributed by atoms with E-state index in [9.17, 15) is 4.79 Å². The molecule has 1 amide bonds. The SMILES string of the molecule is C=CCN(CCO)C(=O)c1nc(C2CC2)n2ccccc12. The normalized spacial score (nSPS) is 14.3. The number of hydrogen-bond acceptors (Lipinski definition) is 3. The number of rotatable bonds is 6. The molecule has 1 fully saturated rings. The van der Waals surface area contributed by atoms with Gasteiger partial charge >= 0.3 is 0 Å². The number of nitrogens with zero attached hydrogens (tertiary/aromatic N) is 3. The highest BCUT2D eigenvalue weighted by Gasteiger charge is 2.31. The molecular formula is C16H19N3O2. The maximum atomic E-state index is 12.7. The predicted octanol–water partition coefficient (Wildman–Crippen LogP) is 1.83. The van der Waals surface area contributed by atoms with Gasteiger partial charge in [0.2, 0.25) is 0 Å². The summed E-state index contributed by atoms with van der Waals surface area (Å²) in [6.45, 7) is 4.29. The van der Waals surface area contributed by atoms with Crippen molar-refractivity contribution < 1.29 is 9.90 Å². The van der Waals surface area contributed by atoms with Gasteiger partial charge in [-0.25, -0.2) is 4.98 Å². The van der Waals surface area contributed by atoms with E-state index in [0.717, 1.165) is 24.2 Å². The van der Waals surface area contributed by atoms with Crippen LogP contribution in [0, 0.1) is 0 Å². The molecule has 0 aliphatic heterocycles. The van der Waals surface area contributed by atoms with Crippen molar-refractivity contribution in [3.05, 3.63) is 48.6 Å². The Morgan fingerprint density at radius 2 is 2.33 bits per heavy atom. The summed E-state index contributed by atoms with van der Waals surface area (Å²) in [7, 11) is 0. The number of aromatic nitrogens is 2. The summed E-state index contributed by atoms with van der Waals surface area (Å²) < 4.78 is 2.01. The van der Waals surface area contributed by atoms with Gasteiger partial charge in [0.15, 0.2) is 5.69 Å². The molecule has 0 bridgehead atoms. The number of fused-ring (bicyclic) bond motifs is 1. The van der Waals surface area contributed by atoms with Crippen LogP contribution < -0.4 is 0 Å². The van der Waals surface area contributed by atoms with Gasteiger partial charge < -0.3 is 14.4 Å². The molecular weight excluding hydrogens is 266 g/mol. The molecule has 1 aliphatic carbocycles. The molecule has 0 saturated heterocycles. The highest BCUT2D eigenvalue weighted by Crippen LogP contribution is 2.40. The van der Waals surface area contributed by atoms with Crippen molar-refractivity contribution in [2.45, 2.75) is 18.8 Å². The maximum absolute atomic E-state index is 12.7. The van der Waals surface area contributed by atoms with Crippen LogP contribution in [-0.4, -0.2) is 45.0 Å². The molecule has 1 N–H and O–H groups in total. The average molecular weight is 285 g/mol. The molecule has 0 spiro atoms. The number of pyridine rings is 1. The van der Waals surface area contributed by atoms with Crippen LogP contribution in [0.2, 0.25) is 0 Å². The topological polar surface area (TPSA) is 57.8 Å². The van der Waals surface area contributed by atoms with Gasteiger partial charge in [0, 0.05) is 25.2 Å². The van der Waals surface area contributed by atoms with Crippen molar-refractivity contribution in [2.24, 2.45) is 0 Å². The minimum absolute atomic E-state index is 0.0686. The van der Waals surface area contributed by atoms with Crippen LogP contribution in [0.1, 0.15) is 35.1 Å². The molecule has 5 nitrogen and oxygen atoms in total. The first-order chi connectivity index (χ1) is 10.3. The van der Waals surface area contributed by atoms with E-state index in [-0.39, 0.29) is 19.1 Å². The zero-order valence-electron chi connectivity index (χ0n) is 11.9. The lowest BCUT2D eigenvalue weighted by Crippen LogP contribution is -2.34. The van der Waals surface area contributed by atoms with Gasteiger partial charge in [-0.15, -0.1) is 6.58 Å². The van der Waals surface area contributed by atoms with Crippen LogP contribution in [0.5, 0.6) is 0 Å². The Labute approximate surface area is 123 Å². The second kappa shape index (κ2) is 5.69. The number of imidazole rings is 1. The van der Waals surface area contributed by atoms with Crippen molar-refractivity contribution in [1.82, 2.24) is 14.3 Å². The molecule has 5 heteroatoms. The van der Waals surface area contributed by atoms with E-state index >= 15 is 0 Å². The fourth-order valence-corrected chi connectivity index (χ4v) is 2.55. The van der Waals surface area contributed by atoms with Crippen molar-refractivity contribution >= 4 is 11.4 Å². The van der Waals surface area contributed by atoms with Crippen molar-refractivity contribution in [2.75, 3.05) is 19.7 Å². The highest BCUT2D eigenvalue weighted by molar-refractivity contribution is 5.99. The Hall–Kier alpha value is -2.14. The molecule has 0 unspecified atom stereocenters. The third-order valence-electron chi connectivity index (χ3n) is 3.73. The zero-order chi connectivity index (χ0) is 14.8. The van der Waals surface area contributed by atoms with Gasteiger partial charge in [-0.05, 0) is 25.0 Å². The third-order valence-corrected chi connectivity index (χ3v) is 3.73. The Kier molecular flexibility index (Phi) is 3.75. The zero-order valence-corrected chi connectivity index (χ0v) is 11.9. The molecule has 3 rings (SSSR count). The molecule has 0 atom stereocenters. The second-order valence-corrected chi connectivity index (χ2v) is 5.31. The Balaban J connectivity index is 2.02. The Morgan fingerprint density at radius 3 is 3.00 bits per heavy atom. The third kappa shape index (κ3) is 2.56. The van der Waals surface area contributed by atoms with Crippen LogP contribution in [-0.2, 0) is 0 Å². The first kappa shape index (κ1) is 13.8. The molecule has 1 saturated carbocycles. The summed E-state index contributed by atoms with van der Waals surface area (Å²) in [5.41, 5.74) is 1.30. The molecule has 2 heterocycles. The Bertz CT molecular complexity index is 673. The van der Waals surface area contributed by atoms with Gasteiger partial charge in [-0.1, -0.05) is 12.1 Å². The molecule has 2 aromatic rings. The minimum Gasteiger partial charge on any atom is -0.395 e. The molecule has 0 radical (unpaired) electrons. The van der Waals surface area contributed by atoms with Crippen molar-refractivity contribution in [1.29, 1.82) is 0 Å². The van der Waals surface area contributed by atoms with Gasteiger partial charge in [-0.2, -0.15) is 0 Å². The maximum Gasteiger partial charge on any atom is 0.275 e. The molecule has 2 aromatic heterocycles. The van der Waals surface area contributed by atoms with Crippen LogP contribution >= 0.6 is 0 Å². The second-order valence-electron chi connectivity index (χ2n) is 5.31. The van der Waals surface area contributed by atoms with E-state index in [1.165, 1.54) is 0 Å². The number of hydrogen-bond donors (Lipinski definition) is 1. The number of carbonyl (C=O) groups excluding carboxylic acids is 1. The molecule has 0 aromatic carbocycles. The van der Waals surface area contributed by atoms with E-state index < -0.39 is 0 Å². The molecule has 110 valence electrons. The highest BCUT2D eigenvalue weighted by atomic mass is 16.3. The van der Waals surface area contributed by atoms with Crippen LogP contribution in [0.3, 0.4) is 0 Å². The van der Waals surface area contributed by atoms with Crippen molar-refractivity contribution in [3.63, 3.8) is 0 Å². The van der Waals surface area contributed by atoms with Gasteiger partial charge in [-0.3, -0.25) is 4.79 Å². The summed E-state index contributed by atoms with van der Waals surface area (Å²) in [4.78, 5) is 18.8. The van der Waals surface area contributed by atoms with E-state index in [2.05, 4.69) is 11.6 Å². The van der Waals surface area contributed by atoms with Gasteiger partial charge in [0.25, 0.3) is 5.91 Å². The van der Waals surface area contributed by atoms with E-state index in [1.54, 1.807) is 11.0 Å². The van der Waals surface area contributed by atoms with Gasteiger partial charge in [0.1, 0.15) is 5.82 Å². The first-order valence-electron chi connectivity index (χ1n) is 7.24. The quantitative estimate of drug-likeness (QED) is 0.824. The summed E-state index contributed by atoms with van der Waals surface area (Å²) in [6.07, 6.45) is 5.88. The van der Waals surface area contributed by atoms with E-state index in [0.29, 0.717) is 18.2 Å². The predicted molar refractivity (Wildman–Crippen MR) is 80.4 cm³/mol. The standard InChI is InChI=1S/C16H19N3O2/c1-2-8-18(10-11-20)16(21)14-13-5-3-4-9-19(13)15(17-14)12-6-7-12/h2-5,9,12,20H,1,6-8,10-11H2. The summed E-state index contributed by atoms with van der Waals surface area (Å²) in [6, 6.07) is 5.77. The smallest absolute Gasteiger partial charge is 0.275 e. The lowest BCUT2D eigenvalue weighted by Gasteiger charge is -2.18. The molecule has 21 heavy (non-hydrogen) atoms. The minimum atomic E-state index is -0.153. The summed E-state index contributed by atoms with van der Waals surface area (Å²) in [5.74, 6) is 1.28. The lowest BCUT2D eigenvalue weighted by atomic mass is 10.3. The monoisotopic (exact) mass is 285 g/mol. The number of aliphatic hydroxyl groups is 1. The summed E-state index contributed by atoms with van der Waals surface area (Å²) in [5, 5.41) is 9.12. The number of carbonyl (C=O) groups is 1. The fraction of sp³-hybridized carbons (Fsp3) is 0.375. The number of amides is 1. The van der Waals surface area contributed by atoms with Crippen LogP contribution in [0.4, 0.5) is 0 Å². The van der Waals surface area contributed by atoms with Gasteiger partial charge in [0.05, 0.1) is 12.1 Å². The summed E-state index contributed by atoms with van der Waals surface area (Å²) >= 11 is 0. The molecule has 1 aliphatic rings. The van der Waals surface area contributed by atoms with Crippen LogP contribution in [0.15, 0.2) is 37.1 Å². The number of aliphatic hydroxyl groups excluding tert-OH is 1. The average Bonchev–Trinajstić information content (AvgIpc) is 3.27. The van der Waals surface area contributed by atoms with Crippen LogP contribution in [0.25, 0.3) is 5.52 Å². The van der Waals surface area contributed by atoms with Crippen molar-refractivity contribution in [3.8, 4) is 0 Å².